The maximum Gasteiger partial charge on any atom is 1.00 e. The summed E-state index contributed by atoms with van der Waals surface area (Å²) in [6.45, 7) is 0.0978. The summed E-state index contributed by atoms with van der Waals surface area (Å²) in [4.78, 5) is 10.3. The molecule has 0 N–H and O–H groups in total. The summed E-state index contributed by atoms with van der Waals surface area (Å²) in [5.41, 5.74) is -1.05. The van der Waals surface area contributed by atoms with Crippen molar-refractivity contribution < 1.29 is 59.8 Å². The predicted molar refractivity (Wildman–Crippen MR) is 96.6 cm³/mol. The Morgan fingerprint density at radius 2 is 1.97 bits per heavy atom. The standard InChI is InChI=1S/C18H20F3N3O6S.Li/c1-29-9-10-8-24(23-22-10)11-3-4-16(14(5-11)18(19,20)21)31(27,28)12-6-13(17(25)26)15(7-12)30-2;/h3-5,8,12-13,15H,6-7,9H2,1-2H3,(H,25,26);/q;+1/p-1/t12-,13-,15-;/m0./s1. The molecule has 1 fully saturated rings. The number of nitrogens with zero attached hydrogens (tertiary/aromatic N) is 3. The van der Waals surface area contributed by atoms with Gasteiger partial charge in [-0.3, -0.25) is 0 Å². The van der Waals surface area contributed by atoms with Gasteiger partial charge in [0.25, 0.3) is 0 Å². The van der Waals surface area contributed by atoms with Crippen LogP contribution in [0.15, 0.2) is 29.3 Å². The van der Waals surface area contributed by atoms with Gasteiger partial charge in [-0.15, -0.1) is 5.10 Å². The number of ether oxygens (including phenoxy) is 2. The molecule has 170 valence electrons. The van der Waals surface area contributed by atoms with E-state index in [4.69, 9.17) is 9.47 Å². The van der Waals surface area contributed by atoms with Crippen molar-refractivity contribution in [2.75, 3.05) is 14.2 Å². The van der Waals surface area contributed by atoms with Crippen LogP contribution in [0.4, 0.5) is 13.2 Å². The van der Waals surface area contributed by atoms with Crippen LogP contribution in [0.3, 0.4) is 0 Å². The largest absolute Gasteiger partial charge is 1.00 e. The SMILES string of the molecule is COCc1cn(-c2ccc(S(=O)(=O)[C@@H]3C[C@H](OC)[C@@H](C(=O)[O-])C3)c(C(F)(F)F)c2)nn1.[Li+]. The van der Waals surface area contributed by atoms with E-state index < -0.39 is 56.1 Å². The minimum Gasteiger partial charge on any atom is -0.550 e. The third-order valence-electron chi connectivity index (χ3n) is 5.18. The second-order valence-corrected chi connectivity index (χ2v) is 9.30. The first-order valence-electron chi connectivity index (χ1n) is 9.08. The first-order valence-corrected chi connectivity index (χ1v) is 10.6. The van der Waals surface area contributed by atoms with Gasteiger partial charge in [0.15, 0.2) is 9.84 Å². The fraction of sp³-hybridized carbons (Fsp3) is 0.500. The summed E-state index contributed by atoms with van der Waals surface area (Å²) >= 11 is 0. The number of halogens is 3. The molecule has 1 aromatic heterocycles. The second kappa shape index (κ2) is 9.92. The molecule has 1 aliphatic carbocycles. The Hall–Kier alpha value is -1.91. The van der Waals surface area contributed by atoms with Crippen molar-refractivity contribution in [2.24, 2.45) is 5.92 Å². The maximum absolute atomic E-state index is 13.8. The van der Waals surface area contributed by atoms with Crippen molar-refractivity contribution in [3.63, 3.8) is 0 Å². The minimum atomic E-state index is -4.98. The number of hydrogen-bond donors (Lipinski definition) is 0. The quantitative estimate of drug-likeness (QED) is 0.417. The van der Waals surface area contributed by atoms with Crippen LogP contribution in [0.25, 0.3) is 5.69 Å². The van der Waals surface area contributed by atoms with Gasteiger partial charge in [0.2, 0.25) is 0 Å². The van der Waals surface area contributed by atoms with Gasteiger partial charge >= 0.3 is 25.0 Å². The van der Waals surface area contributed by atoms with Crippen LogP contribution in [0.2, 0.25) is 0 Å². The molecule has 1 saturated carbocycles. The van der Waals surface area contributed by atoms with E-state index in [0.29, 0.717) is 11.8 Å². The zero-order valence-corrected chi connectivity index (χ0v) is 18.3. The number of sulfone groups is 1. The van der Waals surface area contributed by atoms with Crippen molar-refractivity contribution in [1.29, 1.82) is 0 Å². The summed E-state index contributed by atoms with van der Waals surface area (Å²) in [5.74, 6) is -2.73. The zero-order chi connectivity index (χ0) is 23.0. The second-order valence-electron chi connectivity index (χ2n) is 7.10. The molecule has 0 aliphatic heterocycles. The molecule has 0 spiro atoms. The zero-order valence-electron chi connectivity index (χ0n) is 17.5. The van der Waals surface area contributed by atoms with Crippen LogP contribution in [0.5, 0.6) is 0 Å². The van der Waals surface area contributed by atoms with Crippen LogP contribution in [-0.2, 0) is 36.9 Å². The van der Waals surface area contributed by atoms with Crippen LogP contribution in [-0.4, -0.2) is 55.0 Å². The molecule has 0 bridgehead atoms. The van der Waals surface area contributed by atoms with E-state index in [9.17, 15) is 31.5 Å². The number of rotatable bonds is 7. The third-order valence-corrected chi connectivity index (χ3v) is 7.41. The Morgan fingerprint density at radius 3 is 2.50 bits per heavy atom. The molecule has 3 atom stereocenters. The number of carboxylic acid groups (broad SMARTS) is 1. The average Bonchev–Trinajstić information content (AvgIpc) is 3.34. The summed E-state index contributed by atoms with van der Waals surface area (Å²) < 4.78 is 78.4. The van der Waals surface area contributed by atoms with E-state index in [1.54, 1.807) is 0 Å². The van der Waals surface area contributed by atoms with Gasteiger partial charge in [-0.25, -0.2) is 13.1 Å². The predicted octanol–water partition coefficient (Wildman–Crippen LogP) is -2.25. The molecule has 14 heteroatoms. The monoisotopic (exact) mass is 469 g/mol. The van der Waals surface area contributed by atoms with Gasteiger partial charge in [0, 0.05) is 26.1 Å². The number of alkyl halides is 3. The molecule has 0 radical (unpaired) electrons. The fourth-order valence-corrected chi connectivity index (χ4v) is 5.67. The van der Waals surface area contributed by atoms with Crippen molar-refractivity contribution in [1.82, 2.24) is 15.0 Å². The molecule has 0 unspecified atom stereocenters. The number of hydrogen-bond acceptors (Lipinski definition) is 8. The molecular formula is C18H19F3LiN3O6S. The summed E-state index contributed by atoms with van der Waals surface area (Å²) in [6.07, 6.45) is -5.24. The number of benzene rings is 1. The molecule has 9 nitrogen and oxygen atoms in total. The third kappa shape index (κ3) is 5.18. The van der Waals surface area contributed by atoms with Gasteiger partial charge in [-0.1, -0.05) is 5.21 Å². The number of carboxylic acids is 1. The van der Waals surface area contributed by atoms with E-state index >= 15 is 0 Å². The molecule has 32 heavy (non-hydrogen) atoms. The van der Waals surface area contributed by atoms with E-state index in [0.717, 1.165) is 10.7 Å². The molecule has 2 aromatic rings. The van der Waals surface area contributed by atoms with Crippen LogP contribution in [0.1, 0.15) is 24.1 Å². The molecule has 1 heterocycles. The number of carbonyl (C=O) groups excluding carboxylic acids is 1. The molecule has 0 amide bonds. The molecule has 0 saturated heterocycles. The Balaban J connectivity index is 0.00000363. The molecule has 1 aromatic carbocycles. The van der Waals surface area contributed by atoms with E-state index in [-0.39, 0.29) is 37.6 Å². The van der Waals surface area contributed by atoms with Crippen molar-refractivity contribution in [3.05, 3.63) is 35.7 Å². The van der Waals surface area contributed by atoms with Crippen molar-refractivity contribution in [3.8, 4) is 5.69 Å². The number of aromatic nitrogens is 3. The van der Waals surface area contributed by atoms with Gasteiger partial charge in [-0.05, 0) is 31.0 Å². The Morgan fingerprint density at radius 1 is 1.28 bits per heavy atom. The number of methoxy groups -OCH3 is 2. The fourth-order valence-electron chi connectivity index (χ4n) is 3.66. The van der Waals surface area contributed by atoms with Crippen molar-refractivity contribution >= 4 is 15.8 Å². The Labute approximate surface area is 194 Å². The van der Waals surface area contributed by atoms with Crippen LogP contribution in [0, 0.1) is 5.92 Å². The maximum atomic E-state index is 13.8. The first-order chi connectivity index (χ1) is 14.5. The minimum absolute atomic E-state index is 0. The van der Waals surface area contributed by atoms with E-state index in [1.165, 1.54) is 26.5 Å². The van der Waals surface area contributed by atoms with Gasteiger partial charge in [-0.2, -0.15) is 13.2 Å². The van der Waals surface area contributed by atoms with Gasteiger partial charge < -0.3 is 19.4 Å². The van der Waals surface area contributed by atoms with E-state index in [2.05, 4.69) is 10.3 Å². The molecule has 3 rings (SSSR count). The molecule has 1 aliphatic rings. The van der Waals surface area contributed by atoms with Gasteiger partial charge in [0.1, 0.15) is 5.69 Å². The average molecular weight is 469 g/mol. The van der Waals surface area contributed by atoms with E-state index in [1.807, 2.05) is 0 Å². The number of aliphatic carboxylic acids is 1. The normalized spacial score (nSPS) is 21.3. The van der Waals surface area contributed by atoms with Gasteiger partial charge in [0.05, 0.1) is 40.3 Å². The summed E-state index contributed by atoms with van der Waals surface area (Å²) in [7, 11) is -1.89. The van der Waals surface area contributed by atoms with Crippen molar-refractivity contribution in [2.45, 2.75) is 41.9 Å². The Kier molecular flexibility index (Phi) is 8.17. The first kappa shape index (κ1) is 26.3. The number of carbonyl (C=O) groups is 1. The topological polar surface area (TPSA) is 123 Å². The molecular weight excluding hydrogens is 450 g/mol. The van der Waals surface area contributed by atoms with Crippen LogP contribution >= 0.6 is 0 Å². The van der Waals surface area contributed by atoms with Crippen LogP contribution < -0.4 is 24.0 Å². The Bertz CT molecular complexity index is 1080. The smallest absolute Gasteiger partial charge is 0.550 e. The summed E-state index contributed by atoms with van der Waals surface area (Å²) in [6, 6.07) is 2.68. The summed E-state index contributed by atoms with van der Waals surface area (Å²) in [5, 5.41) is 17.4.